The molecule has 1 saturated carbocycles. The summed E-state index contributed by atoms with van der Waals surface area (Å²) in [6.45, 7) is 2.07. The van der Waals surface area contributed by atoms with Gasteiger partial charge in [-0.1, -0.05) is 31.4 Å². The molecule has 4 nitrogen and oxygen atoms in total. The van der Waals surface area contributed by atoms with Crippen molar-refractivity contribution >= 4 is 23.3 Å². The molecule has 0 heterocycles. The molecule has 0 saturated heterocycles. The number of anilines is 1. The maximum Gasteiger partial charge on any atom is 0.329 e. The van der Waals surface area contributed by atoms with Crippen LogP contribution in [0.3, 0.4) is 0 Å². The SMILES string of the molecule is CC1CCCC(Nc2ccc(C#N)cc2Cl)(C(=O)O)C1. The van der Waals surface area contributed by atoms with Crippen molar-refractivity contribution in [2.24, 2.45) is 5.92 Å². The maximum absolute atomic E-state index is 11.7. The standard InChI is InChI=1S/C15H17ClN2O2/c1-10-3-2-6-15(8-10,14(19)20)18-13-5-4-11(9-17)7-12(13)16/h4-5,7,10,18H,2-3,6,8H2,1H3,(H,19,20). The van der Waals surface area contributed by atoms with E-state index in [-0.39, 0.29) is 0 Å². The summed E-state index contributed by atoms with van der Waals surface area (Å²) in [4.78, 5) is 11.7. The fourth-order valence-electron chi connectivity index (χ4n) is 2.86. The molecule has 1 aromatic rings. The lowest BCUT2D eigenvalue weighted by Crippen LogP contribution is -2.49. The van der Waals surface area contributed by atoms with Gasteiger partial charge in [0.05, 0.1) is 22.3 Å². The summed E-state index contributed by atoms with van der Waals surface area (Å²) < 4.78 is 0. The highest BCUT2D eigenvalue weighted by Gasteiger charge is 2.42. The summed E-state index contributed by atoms with van der Waals surface area (Å²) in [5, 5.41) is 21.9. The molecule has 1 aromatic carbocycles. The van der Waals surface area contributed by atoms with Gasteiger partial charge in [0.25, 0.3) is 0 Å². The topological polar surface area (TPSA) is 73.1 Å². The fourth-order valence-corrected chi connectivity index (χ4v) is 3.08. The van der Waals surface area contributed by atoms with Crippen molar-refractivity contribution in [3.8, 4) is 6.07 Å². The smallest absolute Gasteiger partial charge is 0.329 e. The number of nitriles is 1. The van der Waals surface area contributed by atoms with Gasteiger partial charge in [-0.3, -0.25) is 0 Å². The molecular weight excluding hydrogens is 276 g/mol. The average molecular weight is 293 g/mol. The van der Waals surface area contributed by atoms with Gasteiger partial charge in [-0.05, 0) is 37.0 Å². The molecule has 0 aromatic heterocycles. The van der Waals surface area contributed by atoms with Crippen LogP contribution in [-0.4, -0.2) is 16.6 Å². The minimum Gasteiger partial charge on any atom is -0.480 e. The monoisotopic (exact) mass is 292 g/mol. The molecule has 2 atom stereocenters. The van der Waals surface area contributed by atoms with Crippen LogP contribution in [0.15, 0.2) is 18.2 Å². The number of halogens is 1. The molecule has 5 heteroatoms. The molecular formula is C15H17ClN2O2. The van der Waals surface area contributed by atoms with Gasteiger partial charge in [-0.15, -0.1) is 0 Å². The van der Waals surface area contributed by atoms with Crippen molar-refractivity contribution < 1.29 is 9.90 Å². The third kappa shape index (κ3) is 2.88. The zero-order valence-corrected chi connectivity index (χ0v) is 12.1. The van der Waals surface area contributed by atoms with Crippen LogP contribution in [0.25, 0.3) is 0 Å². The van der Waals surface area contributed by atoms with E-state index in [4.69, 9.17) is 16.9 Å². The third-order valence-corrected chi connectivity index (χ3v) is 4.19. The van der Waals surface area contributed by atoms with Gasteiger partial charge < -0.3 is 10.4 Å². The molecule has 2 unspecified atom stereocenters. The Balaban J connectivity index is 2.29. The Morgan fingerprint density at radius 3 is 2.90 bits per heavy atom. The minimum atomic E-state index is -0.963. The highest BCUT2D eigenvalue weighted by molar-refractivity contribution is 6.33. The van der Waals surface area contributed by atoms with Gasteiger partial charge in [0.1, 0.15) is 5.54 Å². The van der Waals surface area contributed by atoms with E-state index in [1.54, 1.807) is 18.2 Å². The van der Waals surface area contributed by atoms with E-state index in [2.05, 4.69) is 12.2 Å². The third-order valence-electron chi connectivity index (χ3n) is 3.88. The molecule has 1 aliphatic rings. The second-order valence-corrected chi connectivity index (χ2v) is 5.93. The van der Waals surface area contributed by atoms with Crippen molar-refractivity contribution in [2.45, 2.75) is 38.1 Å². The Kier molecular flexibility index (Phi) is 4.20. The van der Waals surface area contributed by atoms with Crippen molar-refractivity contribution in [2.75, 3.05) is 5.32 Å². The molecule has 20 heavy (non-hydrogen) atoms. The first-order chi connectivity index (χ1) is 9.47. The Morgan fingerprint density at radius 1 is 1.60 bits per heavy atom. The van der Waals surface area contributed by atoms with Gasteiger partial charge in [0.2, 0.25) is 0 Å². The molecule has 0 radical (unpaired) electrons. The molecule has 0 spiro atoms. The van der Waals surface area contributed by atoms with E-state index in [0.29, 0.717) is 35.0 Å². The summed E-state index contributed by atoms with van der Waals surface area (Å²) in [7, 11) is 0. The minimum absolute atomic E-state index is 0.365. The second kappa shape index (κ2) is 5.72. The van der Waals surface area contributed by atoms with E-state index in [1.165, 1.54) is 0 Å². The average Bonchev–Trinajstić information content (AvgIpc) is 2.41. The quantitative estimate of drug-likeness (QED) is 0.892. The Hall–Kier alpha value is -1.73. The number of carboxylic acids is 1. The number of benzene rings is 1. The van der Waals surface area contributed by atoms with Crippen molar-refractivity contribution in [3.63, 3.8) is 0 Å². The van der Waals surface area contributed by atoms with E-state index in [9.17, 15) is 9.90 Å². The summed E-state index contributed by atoms with van der Waals surface area (Å²) in [5.74, 6) is -0.478. The predicted molar refractivity (Wildman–Crippen MR) is 77.8 cm³/mol. The predicted octanol–water partition coefficient (Wildman–Crippen LogP) is 3.66. The lowest BCUT2D eigenvalue weighted by atomic mass is 9.76. The van der Waals surface area contributed by atoms with Crippen LogP contribution >= 0.6 is 11.6 Å². The highest BCUT2D eigenvalue weighted by Crippen LogP contribution is 2.37. The fraction of sp³-hybridized carbons (Fsp3) is 0.467. The van der Waals surface area contributed by atoms with Crippen LogP contribution in [0.2, 0.25) is 5.02 Å². The van der Waals surface area contributed by atoms with Crippen LogP contribution in [0.5, 0.6) is 0 Å². The zero-order chi connectivity index (χ0) is 14.8. The van der Waals surface area contributed by atoms with E-state index in [1.807, 2.05) is 6.07 Å². The molecule has 0 bridgehead atoms. The first kappa shape index (κ1) is 14.7. The molecule has 2 rings (SSSR count). The number of aliphatic carboxylic acids is 1. The van der Waals surface area contributed by atoms with Crippen molar-refractivity contribution in [3.05, 3.63) is 28.8 Å². The largest absolute Gasteiger partial charge is 0.480 e. The van der Waals surface area contributed by atoms with Crippen molar-refractivity contribution in [1.82, 2.24) is 0 Å². The Bertz CT molecular complexity index is 567. The van der Waals surface area contributed by atoms with Gasteiger partial charge in [-0.25, -0.2) is 4.79 Å². The van der Waals surface area contributed by atoms with Crippen LogP contribution in [0.1, 0.15) is 38.2 Å². The van der Waals surface area contributed by atoms with Crippen LogP contribution < -0.4 is 5.32 Å². The Labute approximate surface area is 123 Å². The molecule has 2 N–H and O–H groups in total. The summed E-state index contributed by atoms with van der Waals surface area (Å²) in [6.07, 6.45) is 3.11. The number of carbonyl (C=O) groups is 1. The van der Waals surface area contributed by atoms with Crippen LogP contribution in [-0.2, 0) is 4.79 Å². The highest BCUT2D eigenvalue weighted by atomic mass is 35.5. The number of nitrogens with zero attached hydrogens (tertiary/aromatic N) is 1. The van der Waals surface area contributed by atoms with E-state index < -0.39 is 11.5 Å². The number of hydrogen-bond acceptors (Lipinski definition) is 3. The molecule has 1 aliphatic carbocycles. The summed E-state index contributed by atoms with van der Waals surface area (Å²) in [5.41, 5.74) is 0.0687. The molecule has 106 valence electrons. The van der Waals surface area contributed by atoms with Gasteiger partial charge in [0.15, 0.2) is 0 Å². The van der Waals surface area contributed by atoms with Gasteiger partial charge >= 0.3 is 5.97 Å². The van der Waals surface area contributed by atoms with E-state index >= 15 is 0 Å². The number of carboxylic acid groups (broad SMARTS) is 1. The first-order valence-corrected chi connectivity index (χ1v) is 7.06. The van der Waals surface area contributed by atoms with Crippen LogP contribution in [0.4, 0.5) is 5.69 Å². The maximum atomic E-state index is 11.7. The normalized spacial score (nSPS) is 25.8. The van der Waals surface area contributed by atoms with Crippen molar-refractivity contribution in [1.29, 1.82) is 5.26 Å². The van der Waals surface area contributed by atoms with Gasteiger partial charge in [0, 0.05) is 0 Å². The van der Waals surface area contributed by atoms with Gasteiger partial charge in [-0.2, -0.15) is 5.26 Å². The Morgan fingerprint density at radius 2 is 2.35 bits per heavy atom. The molecule has 0 amide bonds. The lowest BCUT2D eigenvalue weighted by Gasteiger charge is -2.38. The summed E-state index contributed by atoms with van der Waals surface area (Å²) >= 11 is 6.12. The molecule has 1 fully saturated rings. The number of nitrogens with one attached hydrogen (secondary N) is 1. The number of hydrogen-bond donors (Lipinski definition) is 2. The second-order valence-electron chi connectivity index (χ2n) is 5.52. The lowest BCUT2D eigenvalue weighted by molar-refractivity contribution is -0.144. The summed E-state index contributed by atoms with van der Waals surface area (Å²) in [6, 6.07) is 6.86. The first-order valence-electron chi connectivity index (χ1n) is 6.68. The zero-order valence-electron chi connectivity index (χ0n) is 11.3. The van der Waals surface area contributed by atoms with Crippen LogP contribution in [0, 0.1) is 17.2 Å². The van der Waals surface area contributed by atoms with E-state index in [0.717, 1.165) is 12.8 Å². The molecule has 0 aliphatic heterocycles. The number of rotatable bonds is 3.